The molecule has 1 saturated heterocycles. The zero-order valence-electron chi connectivity index (χ0n) is 15.6. The molecular formula is C20H31N3O2. The van der Waals surface area contributed by atoms with Crippen molar-refractivity contribution in [3.8, 4) is 0 Å². The van der Waals surface area contributed by atoms with Crippen molar-refractivity contribution >= 4 is 11.7 Å². The number of likely N-dealkylation sites (tertiary alicyclic amines) is 1. The van der Waals surface area contributed by atoms with Crippen LogP contribution in [0.1, 0.15) is 73.1 Å². The van der Waals surface area contributed by atoms with Crippen LogP contribution in [0.4, 0.5) is 0 Å². The van der Waals surface area contributed by atoms with E-state index >= 15 is 0 Å². The van der Waals surface area contributed by atoms with Crippen molar-refractivity contribution in [2.24, 2.45) is 5.73 Å². The second-order valence-electron chi connectivity index (χ2n) is 7.84. The molecule has 2 heterocycles. The Morgan fingerprint density at radius 3 is 2.24 bits per heavy atom. The summed E-state index contributed by atoms with van der Waals surface area (Å²) in [4.78, 5) is 27.5. The fraction of sp³-hybridized carbons (Fsp3) is 0.700. The summed E-state index contributed by atoms with van der Waals surface area (Å²) in [5.41, 5.74) is 7.83. The second kappa shape index (κ2) is 7.32. The van der Waals surface area contributed by atoms with Crippen LogP contribution in [0.3, 0.4) is 0 Å². The summed E-state index contributed by atoms with van der Waals surface area (Å²) in [5.74, 6) is -0.0966. The summed E-state index contributed by atoms with van der Waals surface area (Å²) in [5, 5.41) is 0. The summed E-state index contributed by atoms with van der Waals surface area (Å²) in [6, 6.07) is 1.96. The molecule has 2 N–H and O–H groups in total. The molecular weight excluding hydrogens is 314 g/mol. The van der Waals surface area contributed by atoms with Crippen LogP contribution in [-0.2, 0) is 10.3 Å². The number of aromatic nitrogens is 1. The first-order chi connectivity index (χ1) is 12.0. The molecule has 1 aromatic heterocycles. The molecule has 0 spiro atoms. The molecule has 138 valence electrons. The third-order valence-electron chi connectivity index (χ3n) is 6.11. The number of aryl methyl sites for hydroxylation is 1. The van der Waals surface area contributed by atoms with E-state index in [9.17, 15) is 9.59 Å². The quantitative estimate of drug-likeness (QED) is 0.834. The molecule has 25 heavy (non-hydrogen) atoms. The van der Waals surface area contributed by atoms with Gasteiger partial charge in [-0.3, -0.25) is 14.5 Å². The molecule has 2 fully saturated rings. The van der Waals surface area contributed by atoms with Gasteiger partial charge in [-0.05, 0) is 58.7 Å². The first-order valence-electron chi connectivity index (χ1n) is 9.70. The average Bonchev–Trinajstić information content (AvgIpc) is 2.91. The van der Waals surface area contributed by atoms with Gasteiger partial charge in [0.15, 0.2) is 5.78 Å². The number of ketones is 1. The van der Waals surface area contributed by atoms with E-state index in [1.54, 1.807) is 0 Å². The number of hydrogen-bond acceptors (Lipinski definition) is 3. The summed E-state index contributed by atoms with van der Waals surface area (Å²) in [7, 11) is 0. The van der Waals surface area contributed by atoms with E-state index in [-0.39, 0.29) is 11.7 Å². The van der Waals surface area contributed by atoms with Crippen LogP contribution in [0, 0.1) is 13.8 Å². The number of hydrogen-bond donors (Lipinski definition) is 1. The highest BCUT2D eigenvalue weighted by Crippen LogP contribution is 2.38. The Morgan fingerprint density at radius 1 is 1.04 bits per heavy atom. The van der Waals surface area contributed by atoms with Gasteiger partial charge in [-0.25, -0.2) is 0 Å². The molecule has 1 aliphatic carbocycles. The van der Waals surface area contributed by atoms with Gasteiger partial charge in [-0.1, -0.05) is 25.7 Å². The minimum Gasteiger partial charge on any atom is -0.368 e. The highest BCUT2D eigenvalue weighted by Gasteiger charge is 2.41. The van der Waals surface area contributed by atoms with Crippen molar-refractivity contribution in [1.29, 1.82) is 0 Å². The molecule has 0 unspecified atom stereocenters. The zero-order valence-corrected chi connectivity index (χ0v) is 15.6. The van der Waals surface area contributed by atoms with Crippen LogP contribution in [0.15, 0.2) is 6.07 Å². The zero-order chi connectivity index (χ0) is 18.0. The SMILES string of the molecule is Cc1cc(C(=O)CN2CCCCC2)c(C)n1C1(C(N)=O)CCCCC1. The van der Waals surface area contributed by atoms with Crippen LogP contribution in [0.25, 0.3) is 0 Å². The van der Waals surface area contributed by atoms with Crippen LogP contribution in [0.5, 0.6) is 0 Å². The maximum absolute atomic E-state index is 12.9. The smallest absolute Gasteiger partial charge is 0.243 e. The van der Waals surface area contributed by atoms with Crippen molar-refractivity contribution in [3.05, 3.63) is 23.0 Å². The molecule has 5 heteroatoms. The Hall–Kier alpha value is -1.62. The summed E-state index contributed by atoms with van der Waals surface area (Å²) >= 11 is 0. The van der Waals surface area contributed by atoms with E-state index in [2.05, 4.69) is 9.47 Å². The fourth-order valence-electron chi connectivity index (χ4n) is 4.83. The number of primary amides is 1. The number of carbonyl (C=O) groups excluding carboxylic acids is 2. The van der Waals surface area contributed by atoms with Crippen molar-refractivity contribution in [2.45, 2.75) is 70.8 Å². The molecule has 1 amide bonds. The number of piperidine rings is 1. The topological polar surface area (TPSA) is 68.3 Å². The average molecular weight is 345 g/mol. The van der Waals surface area contributed by atoms with Crippen molar-refractivity contribution in [1.82, 2.24) is 9.47 Å². The predicted molar refractivity (Wildman–Crippen MR) is 98.8 cm³/mol. The molecule has 0 aromatic carbocycles. The number of nitrogens with zero attached hydrogens (tertiary/aromatic N) is 2. The van der Waals surface area contributed by atoms with Gasteiger partial charge in [-0.2, -0.15) is 0 Å². The number of rotatable bonds is 5. The molecule has 0 radical (unpaired) electrons. The largest absolute Gasteiger partial charge is 0.368 e. The van der Waals surface area contributed by atoms with Crippen molar-refractivity contribution in [3.63, 3.8) is 0 Å². The lowest BCUT2D eigenvalue weighted by Gasteiger charge is -2.38. The molecule has 3 rings (SSSR count). The van der Waals surface area contributed by atoms with E-state index in [0.29, 0.717) is 6.54 Å². The van der Waals surface area contributed by atoms with Gasteiger partial charge in [-0.15, -0.1) is 0 Å². The molecule has 1 saturated carbocycles. The second-order valence-corrected chi connectivity index (χ2v) is 7.84. The summed E-state index contributed by atoms with van der Waals surface area (Å²) in [6.45, 7) is 6.46. The van der Waals surface area contributed by atoms with E-state index in [1.165, 1.54) is 19.3 Å². The van der Waals surface area contributed by atoms with Gasteiger partial charge in [0.05, 0.1) is 6.54 Å². The lowest BCUT2D eigenvalue weighted by atomic mass is 9.80. The first-order valence-corrected chi connectivity index (χ1v) is 9.70. The molecule has 1 aromatic rings. The fourth-order valence-corrected chi connectivity index (χ4v) is 4.83. The predicted octanol–water partition coefficient (Wildman–Crippen LogP) is 2.92. The first kappa shape index (κ1) is 18.2. The maximum atomic E-state index is 12.9. The third kappa shape index (κ3) is 3.39. The standard InChI is InChI=1S/C20H31N3O2/c1-15-13-17(18(24)14-22-11-7-4-8-12-22)16(2)23(15)20(19(21)25)9-5-3-6-10-20/h13H,3-12,14H2,1-2H3,(H2,21,25). The molecule has 0 bridgehead atoms. The normalized spacial score (nSPS) is 21.2. The Bertz CT molecular complexity index is 650. The Balaban J connectivity index is 1.89. The Kier molecular flexibility index (Phi) is 5.32. The highest BCUT2D eigenvalue weighted by molar-refractivity contribution is 5.99. The van der Waals surface area contributed by atoms with Crippen LogP contribution >= 0.6 is 0 Å². The van der Waals surface area contributed by atoms with E-state index < -0.39 is 5.54 Å². The van der Waals surface area contributed by atoms with E-state index in [4.69, 9.17) is 5.73 Å². The van der Waals surface area contributed by atoms with Crippen LogP contribution < -0.4 is 5.73 Å². The minimum absolute atomic E-state index is 0.164. The minimum atomic E-state index is -0.657. The van der Waals surface area contributed by atoms with Gasteiger partial charge in [0.1, 0.15) is 5.54 Å². The number of nitrogens with two attached hydrogens (primary N) is 1. The summed E-state index contributed by atoms with van der Waals surface area (Å²) in [6.07, 6.45) is 8.34. The van der Waals surface area contributed by atoms with Crippen LogP contribution in [0.2, 0.25) is 0 Å². The van der Waals surface area contributed by atoms with Crippen LogP contribution in [-0.4, -0.2) is 40.8 Å². The van der Waals surface area contributed by atoms with Gasteiger partial charge >= 0.3 is 0 Å². The molecule has 2 aliphatic rings. The van der Waals surface area contributed by atoms with E-state index in [0.717, 1.165) is 62.1 Å². The van der Waals surface area contributed by atoms with E-state index in [1.807, 2.05) is 19.9 Å². The van der Waals surface area contributed by atoms with Gasteiger partial charge in [0.2, 0.25) is 5.91 Å². The number of carbonyl (C=O) groups is 2. The molecule has 5 nitrogen and oxygen atoms in total. The third-order valence-corrected chi connectivity index (χ3v) is 6.11. The van der Waals surface area contributed by atoms with Crippen molar-refractivity contribution in [2.75, 3.05) is 19.6 Å². The Labute approximate surface area is 150 Å². The Morgan fingerprint density at radius 2 is 1.64 bits per heavy atom. The van der Waals surface area contributed by atoms with Gasteiger partial charge < -0.3 is 10.3 Å². The highest BCUT2D eigenvalue weighted by atomic mass is 16.1. The monoisotopic (exact) mass is 345 g/mol. The number of Topliss-reactive ketones (excluding diaryl/α,β-unsaturated/α-hetero) is 1. The summed E-state index contributed by atoms with van der Waals surface area (Å²) < 4.78 is 2.07. The van der Waals surface area contributed by atoms with Crippen molar-refractivity contribution < 1.29 is 9.59 Å². The molecule has 0 atom stereocenters. The molecule has 1 aliphatic heterocycles. The number of amides is 1. The maximum Gasteiger partial charge on any atom is 0.243 e. The van der Waals surface area contributed by atoms with Gasteiger partial charge in [0.25, 0.3) is 0 Å². The van der Waals surface area contributed by atoms with Gasteiger partial charge in [0, 0.05) is 17.0 Å². The lowest BCUT2D eigenvalue weighted by molar-refractivity contribution is -0.128. The lowest BCUT2D eigenvalue weighted by Crippen LogP contribution is -2.48.